The van der Waals surface area contributed by atoms with Crippen LogP contribution >= 0.6 is 0 Å². The molecule has 0 fully saturated rings. The average molecular weight is 393 g/mol. The van der Waals surface area contributed by atoms with Crippen molar-refractivity contribution in [2.75, 3.05) is 26.7 Å². The zero-order chi connectivity index (χ0) is 20.6. The Morgan fingerprint density at radius 2 is 1.79 bits per heavy atom. The largest absolute Gasteiger partial charge is 0.497 e. The summed E-state index contributed by atoms with van der Waals surface area (Å²) in [6.45, 7) is 6.47. The Labute approximate surface area is 171 Å². The minimum atomic E-state index is -0.249. The SMILES string of the molecule is CCN(CC)C(CNC(=O)c1cc(-c2ccccc2)on1)c1ccc(OC)cc1. The van der Waals surface area contributed by atoms with Crippen molar-refractivity contribution in [2.45, 2.75) is 19.9 Å². The van der Waals surface area contributed by atoms with Gasteiger partial charge in [0.2, 0.25) is 0 Å². The van der Waals surface area contributed by atoms with Crippen LogP contribution in [-0.2, 0) is 0 Å². The molecule has 0 spiro atoms. The van der Waals surface area contributed by atoms with E-state index in [0.717, 1.165) is 30.0 Å². The normalized spacial score (nSPS) is 12.0. The Hall–Kier alpha value is -3.12. The molecule has 3 rings (SSSR count). The quantitative estimate of drug-likeness (QED) is 0.591. The lowest BCUT2D eigenvalue weighted by molar-refractivity contribution is 0.0926. The smallest absolute Gasteiger partial charge is 0.273 e. The minimum absolute atomic E-state index is 0.0559. The van der Waals surface area contributed by atoms with Crippen molar-refractivity contribution < 1.29 is 14.1 Å². The van der Waals surface area contributed by atoms with Gasteiger partial charge in [-0.05, 0) is 30.8 Å². The van der Waals surface area contributed by atoms with Crippen LogP contribution in [0.25, 0.3) is 11.3 Å². The average Bonchev–Trinajstić information content (AvgIpc) is 3.28. The van der Waals surface area contributed by atoms with Gasteiger partial charge in [0.15, 0.2) is 11.5 Å². The lowest BCUT2D eigenvalue weighted by Crippen LogP contribution is -2.38. The van der Waals surface area contributed by atoms with E-state index in [1.165, 1.54) is 0 Å². The third kappa shape index (κ3) is 5.03. The summed E-state index contributed by atoms with van der Waals surface area (Å²) in [6.07, 6.45) is 0. The van der Waals surface area contributed by atoms with Crippen LogP contribution in [0.15, 0.2) is 65.2 Å². The first kappa shape index (κ1) is 20.6. The number of carbonyl (C=O) groups excluding carboxylic acids is 1. The number of aromatic nitrogens is 1. The van der Waals surface area contributed by atoms with Crippen molar-refractivity contribution in [3.8, 4) is 17.1 Å². The fourth-order valence-corrected chi connectivity index (χ4v) is 3.35. The standard InChI is InChI=1S/C23H27N3O3/c1-4-26(5-2)21(17-11-13-19(28-3)14-12-17)16-24-23(27)20-15-22(29-25-20)18-9-7-6-8-10-18/h6-15,21H,4-5,16H2,1-3H3,(H,24,27). The molecule has 6 heteroatoms. The van der Waals surface area contributed by atoms with Crippen molar-refractivity contribution in [3.05, 3.63) is 71.9 Å². The molecule has 0 aliphatic carbocycles. The third-order valence-electron chi connectivity index (χ3n) is 5.01. The highest BCUT2D eigenvalue weighted by atomic mass is 16.5. The highest BCUT2D eigenvalue weighted by Crippen LogP contribution is 2.23. The van der Waals surface area contributed by atoms with E-state index in [-0.39, 0.29) is 17.6 Å². The molecule has 0 saturated heterocycles. The highest BCUT2D eigenvalue weighted by molar-refractivity contribution is 5.93. The molecule has 3 aromatic rings. The molecule has 1 N–H and O–H groups in total. The third-order valence-corrected chi connectivity index (χ3v) is 5.01. The summed E-state index contributed by atoms with van der Waals surface area (Å²) in [5.41, 5.74) is 2.29. The van der Waals surface area contributed by atoms with Gasteiger partial charge < -0.3 is 14.6 Å². The Morgan fingerprint density at radius 1 is 1.10 bits per heavy atom. The Morgan fingerprint density at radius 3 is 2.41 bits per heavy atom. The highest BCUT2D eigenvalue weighted by Gasteiger charge is 2.21. The molecule has 1 aromatic heterocycles. The number of ether oxygens (including phenoxy) is 1. The van der Waals surface area contributed by atoms with Gasteiger partial charge in [-0.2, -0.15) is 0 Å². The zero-order valence-corrected chi connectivity index (χ0v) is 17.1. The van der Waals surface area contributed by atoms with Gasteiger partial charge in [-0.25, -0.2) is 0 Å². The summed E-state index contributed by atoms with van der Waals surface area (Å²) < 4.78 is 10.6. The summed E-state index contributed by atoms with van der Waals surface area (Å²) in [5, 5.41) is 6.94. The van der Waals surface area contributed by atoms with Gasteiger partial charge in [-0.1, -0.05) is 61.5 Å². The molecule has 2 aromatic carbocycles. The predicted molar refractivity (Wildman–Crippen MR) is 113 cm³/mol. The van der Waals surface area contributed by atoms with E-state index in [0.29, 0.717) is 12.3 Å². The molecule has 1 amide bonds. The van der Waals surface area contributed by atoms with E-state index in [4.69, 9.17) is 9.26 Å². The molecule has 1 heterocycles. The maximum absolute atomic E-state index is 12.7. The molecule has 6 nitrogen and oxygen atoms in total. The monoisotopic (exact) mass is 393 g/mol. The predicted octanol–water partition coefficient (Wildman–Crippen LogP) is 4.16. The summed E-state index contributed by atoms with van der Waals surface area (Å²) >= 11 is 0. The van der Waals surface area contributed by atoms with Crippen LogP contribution in [-0.4, -0.2) is 42.7 Å². The Balaban J connectivity index is 1.71. The van der Waals surface area contributed by atoms with Gasteiger partial charge in [-0.15, -0.1) is 0 Å². The molecular formula is C23H27N3O3. The van der Waals surface area contributed by atoms with E-state index in [9.17, 15) is 4.79 Å². The molecular weight excluding hydrogens is 366 g/mol. The van der Waals surface area contributed by atoms with Crippen molar-refractivity contribution >= 4 is 5.91 Å². The van der Waals surface area contributed by atoms with Gasteiger partial charge in [0, 0.05) is 18.2 Å². The summed E-state index contributed by atoms with van der Waals surface area (Å²) in [5.74, 6) is 1.14. The second-order valence-corrected chi connectivity index (χ2v) is 6.66. The van der Waals surface area contributed by atoms with Gasteiger partial charge in [0.05, 0.1) is 13.2 Å². The number of hydrogen-bond acceptors (Lipinski definition) is 5. The van der Waals surface area contributed by atoms with E-state index in [2.05, 4.69) is 29.2 Å². The van der Waals surface area contributed by atoms with Crippen LogP contribution in [0.3, 0.4) is 0 Å². The van der Waals surface area contributed by atoms with Crippen molar-refractivity contribution in [3.63, 3.8) is 0 Å². The van der Waals surface area contributed by atoms with E-state index in [1.54, 1.807) is 13.2 Å². The molecule has 0 bridgehead atoms. The molecule has 0 aliphatic rings. The number of amides is 1. The summed E-state index contributed by atoms with van der Waals surface area (Å²) in [6, 6.07) is 19.3. The summed E-state index contributed by atoms with van der Waals surface area (Å²) in [4.78, 5) is 15.0. The van der Waals surface area contributed by atoms with Gasteiger partial charge in [0.1, 0.15) is 5.75 Å². The second kappa shape index (κ2) is 9.89. The first-order valence-electron chi connectivity index (χ1n) is 9.84. The van der Waals surface area contributed by atoms with Crippen LogP contribution < -0.4 is 10.1 Å². The van der Waals surface area contributed by atoms with Gasteiger partial charge in [0.25, 0.3) is 5.91 Å². The lowest BCUT2D eigenvalue weighted by Gasteiger charge is -2.30. The number of rotatable bonds is 9. The number of benzene rings is 2. The maximum atomic E-state index is 12.7. The van der Waals surface area contributed by atoms with Crippen LogP contribution in [0.5, 0.6) is 5.75 Å². The van der Waals surface area contributed by atoms with E-state index in [1.807, 2.05) is 54.6 Å². The second-order valence-electron chi connectivity index (χ2n) is 6.66. The number of methoxy groups -OCH3 is 1. The first-order valence-corrected chi connectivity index (χ1v) is 9.84. The minimum Gasteiger partial charge on any atom is -0.497 e. The van der Waals surface area contributed by atoms with Crippen LogP contribution in [0.2, 0.25) is 0 Å². The fraction of sp³-hybridized carbons (Fsp3) is 0.304. The van der Waals surface area contributed by atoms with Crippen LogP contribution in [0, 0.1) is 0 Å². The summed E-state index contributed by atoms with van der Waals surface area (Å²) in [7, 11) is 1.65. The number of hydrogen-bond donors (Lipinski definition) is 1. The molecule has 1 unspecified atom stereocenters. The molecule has 0 radical (unpaired) electrons. The fourth-order valence-electron chi connectivity index (χ4n) is 3.35. The number of nitrogens with one attached hydrogen (secondary N) is 1. The Bertz CT molecular complexity index is 903. The number of likely N-dealkylation sites (N-methyl/N-ethyl adjacent to an activating group) is 1. The number of nitrogens with zero attached hydrogens (tertiary/aromatic N) is 2. The number of carbonyl (C=O) groups is 1. The first-order chi connectivity index (χ1) is 14.2. The molecule has 0 saturated carbocycles. The van der Waals surface area contributed by atoms with Crippen LogP contribution in [0.1, 0.15) is 35.9 Å². The molecule has 1 atom stereocenters. The molecule has 0 aliphatic heterocycles. The van der Waals surface area contributed by atoms with E-state index < -0.39 is 0 Å². The maximum Gasteiger partial charge on any atom is 0.273 e. The van der Waals surface area contributed by atoms with E-state index >= 15 is 0 Å². The van der Waals surface area contributed by atoms with Gasteiger partial charge >= 0.3 is 0 Å². The van der Waals surface area contributed by atoms with Crippen molar-refractivity contribution in [1.29, 1.82) is 0 Å². The lowest BCUT2D eigenvalue weighted by atomic mass is 10.0. The zero-order valence-electron chi connectivity index (χ0n) is 17.1. The van der Waals surface area contributed by atoms with Crippen molar-refractivity contribution in [1.82, 2.24) is 15.4 Å². The molecule has 152 valence electrons. The van der Waals surface area contributed by atoms with Crippen molar-refractivity contribution in [2.24, 2.45) is 0 Å². The van der Waals surface area contributed by atoms with Crippen LogP contribution in [0.4, 0.5) is 0 Å². The molecule has 29 heavy (non-hydrogen) atoms. The topological polar surface area (TPSA) is 67.6 Å². The Kier molecular flexibility index (Phi) is 7.03. The van der Waals surface area contributed by atoms with Gasteiger partial charge in [-0.3, -0.25) is 9.69 Å².